The van der Waals surface area contributed by atoms with Crippen LogP contribution in [-0.4, -0.2) is 32.8 Å². The molecule has 0 aromatic heterocycles. The van der Waals surface area contributed by atoms with E-state index in [2.05, 4.69) is 0 Å². The third-order valence-electron chi connectivity index (χ3n) is 1.43. The van der Waals surface area contributed by atoms with Gasteiger partial charge in [0, 0.05) is 0 Å². The Bertz CT molecular complexity index is 500. The molecule has 0 bridgehead atoms. The van der Waals surface area contributed by atoms with Crippen molar-refractivity contribution >= 4 is 29.9 Å². The number of halogens is 5. The Morgan fingerprint density at radius 3 is 1.25 bits per heavy atom. The molecule has 0 saturated heterocycles. The second-order valence-corrected chi connectivity index (χ2v) is 3.73. The van der Waals surface area contributed by atoms with Crippen molar-refractivity contribution in [2.45, 2.75) is 4.90 Å². The van der Waals surface area contributed by atoms with E-state index in [-0.39, 0.29) is 19.8 Å². The summed E-state index contributed by atoms with van der Waals surface area (Å²) in [5.41, 5.74) is 0. The summed E-state index contributed by atoms with van der Waals surface area (Å²) in [5.74, 6) is -12.6. The minimum absolute atomic E-state index is 0. The molecule has 90 valence electrons. The summed E-state index contributed by atoms with van der Waals surface area (Å²) in [4.78, 5) is -2.26. The summed E-state index contributed by atoms with van der Waals surface area (Å²) in [5, 5.41) is 0. The van der Waals surface area contributed by atoms with Crippen LogP contribution in [0.5, 0.6) is 0 Å². The molecule has 0 amide bonds. The average molecular weight is 321 g/mol. The first kappa shape index (κ1) is 15.4. The SMILES string of the molecule is O=S(=O)(O)c1c(F)c(F)c(F)c(F)c1F.[GaH3]. The molecule has 16 heavy (non-hydrogen) atoms. The van der Waals surface area contributed by atoms with Gasteiger partial charge < -0.3 is 0 Å². The van der Waals surface area contributed by atoms with Gasteiger partial charge in [0.15, 0.2) is 28.2 Å². The molecule has 0 radical (unpaired) electrons. The molecule has 3 nitrogen and oxygen atoms in total. The third kappa shape index (κ3) is 2.39. The van der Waals surface area contributed by atoms with E-state index < -0.39 is 44.1 Å². The van der Waals surface area contributed by atoms with E-state index in [9.17, 15) is 30.4 Å². The van der Waals surface area contributed by atoms with Crippen molar-refractivity contribution in [1.29, 1.82) is 0 Å². The molecule has 1 aromatic rings. The molecule has 0 saturated carbocycles. The number of hydrogen-bond donors (Lipinski definition) is 1. The van der Waals surface area contributed by atoms with Crippen molar-refractivity contribution in [3.8, 4) is 0 Å². The summed E-state index contributed by atoms with van der Waals surface area (Å²) in [6, 6.07) is 0. The van der Waals surface area contributed by atoms with Gasteiger partial charge in [0.1, 0.15) is 0 Å². The Hall–Kier alpha value is -0.584. The van der Waals surface area contributed by atoms with Gasteiger partial charge in [-0.1, -0.05) is 0 Å². The van der Waals surface area contributed by atoms with Gasteiger partial charge in [-0.3, -0.25) is 4.55 Å². The fourth-order valence-corrected chi connectivity index (χ4v) is 1.44. The zero-order valence-corrected chi connectivity index (χ0v) is 7.38. The zero-order valence-electron chi connectivity index (χ0n) is 6.56. The first-order valence-corrected chi connectivity index (χ1v) is 4.61. The molecule has 0 spiro atoms. The van der Waals surface area contributed by atoms with Crippen molar-refractivity contribution in [3.63, 3.8) is 0 Å². The molecule has 10 heteroatoms. The summed E-state index contributed by atoms with van der Waals surface area (Å²) < 4.78 is 91.3. The van der Waals surface area contributed by atoms with Crippen LogP contribution < -0.4 is 0 Å². The summed E-state index contributed by atoms with van der Waals surface area (Å²) in [7, 11) is -5.52. The molecule has 0 aliphatic rings. The van der Waals surface area contributed by atoms with Crippen molar-refractivity contribution in [2.75, 3.05) is 0 Å². The fourth-order valence-electron chi connectivity index (χ4n) is 0.811. The summed E-state index contributed by atoms with van der Waals surface area (Å²) >= 11 is 0. The van der Waals surface area contributed by atoms with Gasteiger partial charge in [-0.25, -0.2) is 22.0 Å². The van der Waals surface area contributed by atoms with E-state index >= 15 is 0 Å². The molecule has 0 heterocycles. The monoisotopic (exact) mass is 320 g/mol. The third-order valence-corrected chi connectivity index (χ3v) is 2.30. The standard InChI is InChI=1S/C6HF5O3S.Ga.3H/c7-1-2(8)4(10)6(15(12,13)14)5(11)3(1)9;;;;/h(H,12,13,14);;;;. The second kappa shape index (κ2) is 4.73. The van der Waals surface area contributed by atoms with E-state index in [4.69, 9.17) is 4.55 Å². The quantitative estimate of drug-likeness (QED) is 0.269. The van der Waals surface area contributed by atoms with Crippen LogP contribution in [-0.2, 0) is 10.1 Å². The minimum atomic E-state index is -5.52. The normalized spacial score (nSPS) is 11.1. The number of benzene rings is 1. The van der Waals surface area contributed by atoms with Gasteiger partial charge >= 0.3 is 29.9 Å². The Morgan fingerprint density at radius 1 is 0.750 bits per heavy atom. The predicted octanol–water partition coefficient (Wildman–Crippen LogP) is 0.445. The number of rotatable bonds is 1. The molecule has 1 N–H and O–H groups in total. The molecule has 0 atom stereocenters. The Morgan fingerprint density at radius 2 is 1.00 bits per heavy atom. The van der Waals surface area contributed by atoms with Gasteiger partial charge in [-0.05, 0) is 0 Å². The van der Waals surface area contributed by atoms with E-state index in [1.807, 2.05) is 0 Å². The van der Waals surface area contributed by atoms with Gasteiger partial charge in [0.2, 0.25) is 5.82 Å². The van der Waals surface area contributed by atoms with E-state index in [0.717, 1.165) is 0 Å². The van der Waals surface area contributed by atoms with Crippen LogP contribution in [0.15, 0.2) is 4.90 Å². The molecule has 0 aliphatic carbocycles. The molecule has 1 rings (SSSR count). The first-order valence-electron chi connectivity index (χ1n) is 3.16. The fraction of sp³-hybridized carbons (Fsp3) is 0. The maximum absolute atomic E-state index is 12.6. The van der Waals surface area contributed by atoms with Crippen molar-refractivity contribution < 1.29 is 34.9 Å². The van der Waals surface area contributed by atoms with E-state index in [1.54, 1.807) is 0 Å². The van der Waals surface area contributed by atoms with Crippen LogP contribution in [0.4, 0.5) is 22.0 Å². The van der Waals surface area contributed by atoms with Gasteiger partial charge in [-0.2, -0.15) is 8.42 Å². The molecule has 0 aliphatic heterocycles. The van der Waals surface area contributed by atoms with Gasteiger partial charge in [0.05, 0.1) is 0 Å². The topological polar surface area (TPSA) is 54.4 Å². The van der Waals surface area contributed by atoms with Crippen molar-refractivity contribution in [3.05, 3.63) is 29.1 Å². The Balaban J connectivity index is 0.00000225. The maximum atomic E-state index is 12.6. The first-order chi connectivity index (χ1) is 6.68. The Labute approximate surface area is 99.1 Å². The van der Waals surface area contributed by atoms with Crippen LogP contribution in [0, 0.1) is 29.1 Å². The van der Waals surface area contributed by atoms with Crippen LogP contribution in [0.2, 0.25) is 0 Å². The van der Waals surface area contributed by atoms with Gasteiger partial charge in [0.25, 0.3) is 0 Å². The Kier molecular flexibility index (Phi) is 4.56. The molecule has 0 fully saturated rings. The van der Waals surface area contributed by atoms with E-state index in [1.165, 1.54) is 0 Å². The van der Waals surface area contributed by atoms with Crippen LogP contribution in [0.25, 0.3) is 0 Å². The molecular weight excluding hydrogens is 317 g/mol. The van der Waals surface area contributed by atoms with E-state index in [0.29, 0.717) is 0 Å². The summed E-state index contributed by atoms with van der Waals surface area (Å²) in [6.45, 7) is 0. The zero-order chi connectivity index (χ0) is 12.0. The van der Waals surface area contributed by atoms with Crippen LogP contribution in [0.3, 0.4) is 0 Å². The average Bonchev–Trinajstić information content (AvgIpc) is 2.09. The van der Waals surface area contributed by atoms with Crippen molar-refractivity contribution in [2.24, 2.45) is 0 Å². The second-order valence-electron chi connectivity index (χ2n) is 2.37. The molecule has 0 unspecified atom stereocenters. The summed E-state index contributed by atoms with van der Waals surface area (Å²) in [6.07, 6.45) is 0. The van der Waals surface area contributed by atoms with Crippen LogP contribution >= 0.6 is 0 Å². The predicted molar refractivity (Wildman–Crippen MR) is 46.0 cm³/mol. The molecule has 1 aromatic carbocycles. The van der Waals surface area contributed by atoms with Crippen LogP contribution in [0.1, 0.15) is 0 Å². The number of hydrogen-bond acceptors (Lipinski definition) is 2. The van der Waals surface area contributed by atoms with Crippen molar-refractivity contribution in [1.82, 2.24) is 0 Å². The molecular formula is C6H4F5GaO3S. The van der Waals surface area contributed by atoms with Gasteiger partial charge in [-0.15, -0.1) is 0 Å².